The van der Waals surface area contributed by atoms with Crippen LogP contribution in [0.3, 0.4) is 0 Å². The van der Waals surface area contributed by atoms with Crippen molar-refractivity contribution < 1.29 is 27.1 Å². The van der Waals surface area contributed by atoms with Gasteiger partial charge in [0.1, 0.15) is 35.3 Å². The van der Waals surface area contributed by atoms with Gasteiger partial charge in [0, 0.05) is 6.20 Å². The molecule has 0 aliphatic heterocycles. The van der Waals surface area contributed by atoms with Gasteiger partial charge in [-0.3, -0.25) is 9.51 Å². The summed E-state index contributed by atoms with van der Waals surface area (Å²) in [6.07, 6.45) is 1.69. The minimum Gasteiger partial charge on any atom is -0.417 e. The van der Waals surface area contributed by atoms with Crippen molar-refractivity contribution in [1.82, 2.24) is 4.98 Å². The fourth-order valence-corrected chi connectivity index (χ4v) is 6.16. The SMILES string of the molecule is Cc1ccccc1OP(OCc1ncccc1OP(Oc1ccccc1C)Oc1ccccc1C)Oc1ccccc1C. The van der Waals surface area contributed by atoms with Crippen molar-refractivity contribution >= 4 is 17.2 Å². The second-order valence-electron chi connectivity index (χ2n) is 9.69. The molecular formula is C34H33NO6P2. The predicted molar refractivity (Wildman–Crippen MR) is 171 cm³/mol. The molecule has 220 valence electrons. The molecule has 4 aromatic carbocycles. The first-order valence-electron chi connectivity index (χ1n) is 13.8. The second kappa shape index (κ2) is 14.8. The Bertz CT molecular complexity index is 1550. The molecule has 0 fully saturated rings. The largest absolute Gasteiger partial charge is 0.530 e. The monoisotopic (exact) mass is 613 g/mol. The highest BCUT2D eigenvalue weighted by Crippen LogP contribution is 2.47. The maximum absolute atomic E-state index is 6.37. The van der Waals surface area contributed by atoms with Crippen LogP contribution in [0.25, 0.3) is 0 Å². The Labute approximate surface area is 255 Å². The van der Waals surface area contributed by atoms with Gasteiger partial charge in [0.05, 0.1) is 0 Å². The molecule has 0 spiro atoms. The molecule has 0 amide bonds. The van der Waals surface area contributed by atoms with E-state index < -0.39 is 17.2 Å². The molecule has 0 radical (unpaired) electrons. The zero-order chi connectivity index (χ0) is 30.0. The summed E-state index contributed by atoms with van der Waals surface area (Å²) in [6, 6.07) is 34.6. The number of aryl methyl sites for hydroxylation is 4. The average Bonchev–Trinajstić information content (AvgIpc) is 3.01. The molecule has 5 aromatic rings. The maximum atomic E-state index is 6.37. The molecule has 0 saturated carbocycles. The Balaban J connectivity index is 1.37. The van der Waals surface area contributed by atoms with Gasteiger partial charge >= 0.3 is 17.2 Å². The Morgan fingerprint density at radius 2 is 0.791 bits per heavy atom. The number of para-hydroxylation sites is 4. The van der Waals surface area contributed by atoms with Crippen LogP contribution in [0, 0.1) is 27.7 Å². The Morgan fingerprint density at radius 3 is 1.21 bits per heavy atom. The topological polar surface area (TPSA) is 68.3 Å². The van der Waals surface area contributed by atoms with Crippen LogP contribution in [0.1, 0.15) is 27.9 Å². The molecule has 0 aliphatic carbocycles. The van der Waals surface area contributed by atoms with E-state index in [0.717, 1.165) is 22.3 Å². The van der Waals surface area contributed by atoms with Gasteiger partial charge in [0.2, 0.25) is 0 Å². The standard InChI is InChI=1S/C34H33NO6P2/c1-25-14-5-9-18-30(25)37-42(38-31-19-10-6-15-26(31)2)36-24-29-34(22-13-23-35-29)41-43(39-32-20-11-7-16-27(32)3)40-33-21-12-8-17-28(33)4/h5-23H,24H2,1-4H3. The van der Waals surface area contributed by atoms with Crippen LogP contribution in [-0.2, 0) is 11.1 Å². The highest BCUT2D eigenvalue weighted by molar-refractivity contribution is 7.43. The smallest absolute Gasteiger partial charge is 0.417 e. The van der Waals surface area contributed by atoms with Crippen molar-refractivity contribution in [3.63, 3.8) is 0 Å². The van der Waals surface area contributed by atoms with E-state index in [-0.39, 0.29) is 6.61 Å². The van der Waals surface area contributed by atoms with Crippen molar-refractivity contribution in [3.8, 4) is 28.7 Å². The summed E-state index contributed by atoms with van der Waals surface area (Å²) in [6.45, 7) is 7.98. The van der Waals surface area contributed by atoms with Crippen molar-refractivity contribution in [3.05, 3.63) is 143 Å². The third-order valence-corrected chi connectivity index (χ3v) is 8.46. The minimum atomic E-state index is -1.91. The summed E-state index contributed by atoms with van der Waals surface area (Å²) < 4.78 is 37.7. The highest BCUT2D eigenvalue weighted by atomic mass is 31.2. The van der Waals surface area contributed by atoms with Gasteiger partial charge < -0.3 is 22.6 Å². The Morgan fingerprint density at radius 1 is 0.442 bits per heavy atom. The van der Waals surface area contributed by atoms with Crippen LogP contribution in [0.5, 0.6) is 28.7 Å². The molecule has 9 heteroatoms. The minimum absolute atomic E-state index is 0.0670. The predicted octanol–water partition coefficient (Wildman–Crippen LogP) is 9.98. The van der Waals surface area contributed by atoms with E-state index in [2.05, 4.69) is 4.98 Å². The Kier molecular flexibility index (Phi) is 10.5. The lowest BCUT2D eigenvalue weighted by Gasteiger charge is -2.22. The zero-order valence-corrected chi connectivity index (χ0v) is 26.3. The molecule has 0 saturated heterocycles. The maximum Gasteiger partial charge on any atom is 0.530 e. The van der Waals surface area contributed by atoms with Gasteiger partial charge in [-0.05, 0) is 86.3 Å². The highest BCUT2D eigenvalue weighted by Gasteiger charge is 2.25. The zero-order valence-electron chi connectivity index (χ0n) is 24.5. The van der Waals surface area contributed by atoms with E-state index in [1.54, 1.807) is 12.3 Å². The first-order valence-corrected chi connectivity index (χ1v) is 15.9. The van der Waals surface area contributed by atoms with Gasteiger partial charge in [0.15, 0.2) is 5.75 Å². The van der Waals surface area contributed by atoms with E-state index >= 15 is 0 Å². The third kappa shape index (κ3) is 8.46. The molecule has 0 N–H and O–H groups in total. The number of hydrogen-bond donors (Lipinski definition) is 0. The number of hydrogen-bond acceptors (Lipinski definition) is 7. The fraction of sp³-hybridized carbons (Fsp3) is 0.147. The molecular weight excluding hydrogens is 580 g/mol. The number of rotatable bonds is 13. The summed E-state index contributed by atoms with van der Waals surface area (Å²) in [5, 5.41) is 0. The Hall–Kier alpha value is -4.15. The van der Waals surface area contributed by atoms with Crippen LogP contribution in [0.15, 0.2) is 115 Å². The molecule has 43 heavy (non-hydrogen) atoms. The van der Waals surface area contributed by atoms with E-state index in [1.165, 1.54) is 0 Å². The van der Waals surface area contributed by atoms with Crippen LogP contribution in [0.4, 0.5) is 0 Å². The molecule has 5 rings (SSSR count). The van der Waals surface area contributed by atoms with Crippen molar-refractivity contribution in [2.24, 2.45) is 0 Å². The lowest BCUT2D eigenvalue weighted by molar-refractivity contribution is 0.249. The first kappa shape index (κ1) is 30.3. The quantitative estimate of drug-likeness (QED) is 0.122. The summed E-state index contributed by atoms with van der Waals surface area (Å²) >= 11 is 0. The molecule has 0 atom stereocenters. The van der Waals surface area contributed by atoms with E-state index in [9.17, 15) is 0 Å². The van der Waals surface area contributed by atoms with Crippen LogP contribution in [0.2, 0.25) is 0 Å². The van der Waals surface area contributed by atoms with Crippen molar-refractivity contribution in [2.75, 3.05) is 0 Å². The number of pyridine rings is 1. The number of nitrogens with zero attached hydrogens (tertiary/aromatic N) is 1. The fourth-order valence-electron chi connectivity index (χ4n) is 3.89. The van der Waals surface area contributed by atoms with Gasteiger partial charge in [0.25, 0.3) is 0 Å². The molecule has 0 aliphatic rings. The van der Waals surface area contributed by atoms with Crippen LogP contribution >= 0.6 is 17.2 Å². The third-order valence-electron chi connectivity index (χ3n) is 6.39. The summed E-state index contributed by atoms with van der Waals surface area (Å²) in [7, 11) is -3.75. The number of benzene rings is 4. The number of aromatic nitrogens is 1. The van der Waals surface area contributed by atoms with Gasteiger partial charge in [-0.15, -0.1) is 0 Å². The van der Waals surface area contributed by atoms with E-state index in [0.29, 0.717) is 34.4 Å². The summed E-state index contributed by atoms with van der Waals surface area (Å²) in [5.41, 5.74) is 4.43. The molecule has 7 nitrogen and oxygen atoms in total. The molecule has 0 bridgehead atoms. The summed E-state index contributed by atoms with van der Waals surface area (Å²) in [4.78, 5) is 4.55. The van der Waals surface area contributed by atoms with Gasteiger partial charge in [-0.25, -0.2) is 0 Å². The first-order chi connectivity index (χ1) is 21.0. The van der Waals surface area contributed by atoms with E-state index in [4.69, 9.17) is 27.1 Å². The normalized spacial score (nSPS) is 10.9. The van der Waals surface area contributed by atoms with E-state index in [1.807, 2.05) is 131 Å². The molecule has 1 aromatic heterocycles. The molecule has 0 unspecified atom stereocenters. The van der Waals surface area contributed by atoms with Gasteiger partial charge in [-0.2, -0.15) is 0 Å². The lowest BCUT2D eigenvalue weighted by Crippen LogP contribution is -2.07. The van der Waals surface area contributed by atoms with Crippen LogP contribution < -0.4 is 22.6 Å². The average molecular weight is 614 g/mol. The lowest BCUT2D eigenvalue weighted by atomic mass is 10.2. The van der Waals surface area contributed by atoms with Crippen LogP contribution in [-0.4, -0.2) is 4.98 Å². The van der Waals surface area contributed by atoms with Crippen molar-refractivity contribution in [1.29, 1.82) is 0 Å². The van der Waals surface area contributed by atoms with Crippen molar-refractivity contribution in [2.45, 2.75) is 34.3 Å². The molecule has 1 heterocycles. The second-order valence-corrected chi connectivity index (χ2v) is 11.8. The summed E-state index contributed by atoms with van der Waals surface area (Å²) in [5.74, 6) is 3.18. The van der Waals surface area contributed by atoms with Gasteiger partial charge in [-0.1, -0.05) is 72.8 Å².